The Labute approximate surface area is 110 Å². The minimum atomic E-state index is 0.129. The van der Waals surface area contributed by atoms with Gasteiger partial charge in [0.1, 0.15) is 11.6 Å². The minimum absolute atomic E-state index is 0.129. The largest absolute Gasteiger partial charge is 0.506 e. The molecule has 0 unspecified atom stereocenters. The van der Waals surface area contributed by atoms with Crippen LogP contribution in [-0.2, 0) is 11.2 Å². The fraction of sp³-hybridized carbons (Fsp3) is 0.214. The van der Waals surface area contributed by atoms with E-state index in [4.69, 9.17) is 0 Å². The van der Waals surface area contributed by atoms with E-state index in [0.29, 0.717) is 0 Å². The summed E-state index contributed by atoms with van der Waals surface area (Å²) in [7, 11) is 0. The number of pyridine rings is 2. The van der Waals surface area contributed by atoms with E-state index in [1.165, 1.54) is 6.20 Å². The molecule has 2 aromatic rings. The van der Waals surface area contributed by atoms with Gasteiger partial charge in [-0.2, -0.15) is 0 Å². The number of aromatic hydroxyl groups is 1. The summed E-state index contributed by atoms with van der Waals surface area (Å²) in [5, 5.41) is 9.46. The van der Waals surface area contributed by atoms with Gasteiger partial charge in [-0.15, -0.1) is 0 Å². The van der Waals surface area contributed by atoms with Gasteiger partial charge in [0.2, 0.25) is 6.41 Å². The van der Waals surface area contributed by atoms with E-state index in [9.17, 15) is 9.90 Å². The van der Waals surface area contributed by atoms with Crippen LogP contribution in [0.3, 0.4) is 0 Å². The number of carbonyl (C=O) groups is 1. The lowest BCUT2D eigenvalue weighted by Crippen LogP contribution is -2.28. The van der Waals surface area contributed by atoms with Crippen LogP contribution in [0.25, 0.3) is 11.1 Å². The summed E-state index contributed by atoms with van der Waals surface area (Å²) in [5.74, 6) is 0.864. The number of hydrogen-bond donors (Lipinski definition) is 1. The average Bonchev–Trinajstić information content (AvgIpc) is 2.46. The fourth-order valence-corrected chi connectivity index (χ4v) is 2.34. The lowest BCUT2D eigenvalue weighted by Gasteiger charge is -2.24. The van der Waals surface area contributed by atoms with Gasteiger partial charge in [0.05, 0.1) is 6.20 Å². The van der Waals surface area contributed by atoms with Crippen molar-refractivity contribution in [1.82, 2.24) is 9.97 Å². The van der Waals surface area contributed by atoms with Gasteiger partial charge in [-0.3, -0.25) is 14.7 Å². The molecule has 5 nitrogen and oxygen atoms in total. The quantitative estimate of drug-likeness (QED) is 0.830. The van der Waals surface area contributed by atoms with Crippen LogP contribution in [0.5, 0.6) is 5.75 Å². The van der Waals surface area contributed by atoms with E-state index in [0.717, 1.165) is 48.3 Å². The van der Waals surface area contributed by atoms with Crippen LogP contribution in [0, 0.1) is 0 Å². The number of amides is 1. The van der Waals surface area contributed by atoms with Gasteiger partial charge in [0, 0.05) is 30.1 Å². The lowest BCUT2D eigenvalue weighted by atomic mass is 10.0. The molecule has 0 atom stereocenters. The smallest absolute Gasteiger partial charge is 0.215 e. The zero-order valence-electron chi connectivity index (χ0n) is 10.3. The van der Waals surface area contributed by atoms with E-state index in [2.05, 4.69) is 9.97 Å². The average molecular weight is 255 g/mol. The summed E-state index contributed by atoms with van der Waals surface area (Å²) >= 11 is 0. The lowest BCUT2D eigenvalue weighted by molar-refractivity contribution is -0.107. The molecular formula is C14H13N3O2. The maximum atomic E-state index is 11.0. The van der Waals surface area contributed by atoms with E-state index in [-0.39, 0.29) is 5.75 Å². The highest BCUT2D eigenvalue weighted by molar-refractivity contribution is 5.77. The van der Waals surface area contributed by atoms with Crippen molar-refractivity contribution in [2.45, 2.75) is 12.8 Å². The molecule has 0 aliphatic carbocycles. The van der Waals surface area contributed by atoms with Gasteiger partial charge >= 0.3 is 0 Å². The van der Waals surface area contributed by atoms with Crippen molar-refractivity contribution in [3.05, 3.63) is 36.3 Å². The van der Waals surface area contributed by atoms with Crippen molar-refractivity contribution >= 4 is 12.2 Å². The Morgan fingerprint density at radius 3 is 2.84 bits per heavy atom. The van der Waals surface area contributed by atoms with Crippen molar-refractivity contribution in [3.8, 4) is 16.9 Å². The van der Waals surface area contributed by atoms with E-state index in [1.54, 1.807) is 23.4 Å². The van der Waals surface area contributed by atoms with Crippen LogP contribution in [0.1, 0.15) is 12.0 Å². The molecule has 1 aliphatic heterocycles. The van der Waals surface area contributed by atoms with Crippen LogP contribution < -0.4 is 4.90 Å². The Kier molecular flexibility index (Phi) is 2.87. The molecule has 3 rings (SSSR count). The standard InChI is InChI=1S/C14H13N3O2/c18-9-17-3-1-2-10-4-11(7-16-14(10)17)12-5-13(19)8-15-6-12/h4-9,19H,1-3H2. The number of rotatable bonds is 2. The van der Waals surface area contributed by atoms with Gasteiger partial charge < -0.3 is 5.11 Å². The normalized spacial score (nSPS) is 14.0. The first kappa shape index (κ1) is 11.6. The molecule has 0 saturated carbocycles. The predicted molar refractivity (Wildman–Crippen MR) is 70.9 cm³/mol. The molecule has 2 aromatic heterocycles. The molecule has 0 fully saturated rings. The summed E-state index contributed by atoms with van der Waals surface area (Å²) in [6.07, 6.45) is 7.45. The zero-order valence-corrected chi connectivity index (χ0v) is 10.3. The third-order valence-corrected chi connectivity index (χ3v) is 3.24. The van der Waals surface area contributed by atoms with Gasteiger partial charge in [0.25, 0.3) is 0 Å². The molecule has 0 bridgehead atoms. The number of carbonyl (C=O) groups excluding carboxylic acids is 1. The SMILES string of the molecule is O=CN1CCCc2cc(-c3cncc(O)c3)cnc21. The number of anilines is 1. The molecular weight excluding hydrogens is 242 g/mol. The molecule has 3 heterocycles. The van der Waals surface area contributed by atoms with Crippen LogP contribution in [0.15, 0.2) is 30.7 Å². The molecule has 1 N–H and O–H groups in total. The molecule has 5 heteroatoms. The first-order valence-electron chi connectivity index (χ1n) is 6.13. The maximum Gasteiger partial charge on any atom is 0.215 e. The van der Waals surface area contributed by atoms with Crippen molar-refractivity contribution in [2.24, 2.45) is 0 Å². The maximum absolute atomic E-state index is 11.0. The Hall–Kier alpha value is -2.43. The second kappa shape index (κ2) is 4.68. The summed E-state index contributed by atoms with van der Waals surface area (Å²) in [6, 6.07) is 3.66. The molecule has 19 heavy (non-hydrogen) atoms. The van der Waals surface area contributed by atoms with Gasteiger partial charge in [0.15, 0.2) is 0 Å². The number of fused-ring (bicyclic) bond motifs is 1. The topological polar surface area (TPSA) is 66.3 Å². The Bertz CT molecular complexity index is 628. The molecule has 0 spiro atoms. The van der Waals surface area contributed by atoms with E-state index >= 15 is 0 Å². The Balaban J connectivity index is 2.04. The van der Waals surface area contributed by atoms with Crippen LogP contribution in [0.4, 0.5) is 5.82 Å². The highest BCUT2D eigenvalue weighted by Gasteiger charge is 2.18. The first-order chi connectivity index (χ1) is 9.28. The summed E-state index contributed by atoms with van der Waals surface area (Å²) < 4.78 is 0. The minimum Gasteiger partial charge on any atom is -0.506 e. The van der Waals surface area contributed by atoms with E-state index < -0.39 is 0 Å². The number of nitrogens with zero attached hydrogens (tertiary/aromatic N) is 3. The molecule has 0 radical (unpaired) electrons. The van der Waals surface area contributed by atoms with E-state index in [1.807, 2.05) is 6.07 Å². The van der Waals surface area contributed by atoms with Gasteiger partial charge in [-0.05, 0) is 30.5 Å². The van der Waals surface area contributed by atoms with Gasteiger partial charge in [-0.25, -0.2) is 4.98 Å². The van der Waals surface area contributed by atoms with Crippen LogP contribution >= 0.6 is 0 Å². The Morgan fingerprint density at radius 2 is 2.05 bits per heavy atom. The van der Waals surface area contributed by atoms with Crippen molar-refractivity contribution in [3.63, 3.8) is 0 Å². The zero-order chi connectivity index (χ0) is 13.2. The van der Waals surface area contributed by atoms with Crippen LogP contribution in [-0.4, -0.2) is 28.0 Å². The molecule has 1 aliphatic rings. The number of hydrogen-bond acceptors (Lipinski definition) is 4. The van der Waals surface area contributed by atoms with Gasteiger partial charge in [-0.1, -0.05) is 0 Å². The summed E-state index contributed by atoms with van der Waals surface area (Å²) in [4.78, 5) is 20.9. The predicted octanol–water partition coefficient (Wildman–Crippen LogP) is 1.76. The third-order valence-electron chi connectivity index (χ3n) is 3.24. The molecule has 0 aromatic carbocycles. The Morgan fingerprint density at radius 1 is 1.21 bits per heavy atom. The summed E-state index contributed by atoms with van der Waals surface area (Å²) in [5.41, 5.74) is 2.77. The van der Waals surface area contributed by atoms with Crippen molar-refractivity contribution in [2.75, 3.05) is 11.4 Å². The molecule has 96 valence electrons. The molecule has 0 saturated heterocycles. The van der Waals surface area contributed by atoms with Crippen molar-refractivity contribution in [1.29, 1.82) is 0 Å². The monoisotopic (exact) mass is 255 g/mol. The third kappa shape index (κ3) is 2.14. The second-order valence-electron chi connectivity index (χ2n) is 4.54. The molecule has 1 amide bonds. The fourth-order valence-electron chi connectivity index (χ4n) is 2.34. The first-order valence-corrected chi connectivity index (χ1v) is 6.13. The highest BCUT2D eigenvalue weighted by Crippen LogP contribution is 2.29. The summed E-state index contributed by atoms with van der Waals surface area (Å²) in [6.45, 7) is 0.719. The number of aromatic nitrogens is 2. The highest BCUT2D eigenvalue weighted by atomic mass is 16.3. The number of aryl methyl sites for hydroxylation is 1. The second-order valence-corrected chi connectivity index (χ2v) is 4.54. The van der Waals surface area contributed by atoms with Crippen molar-refractivity contribution < 1.29 is 9.90 Å². The van der Waals surface area contributed by atoms with Crippen LogP contribution in [0.2, 0.25) is 0 Å².